The van der Waals surface area contributed by atoms with Crippen molar-refractivity contribution in [2.24, 2.45) is 11.3 Å². The second-order valence-corrected chi connectivity index (χ2v) is 9.04. The summed E-state index contributed by atoms with van der Waals surface area (Å²) in [4.78, 5) is 2.64. The number of benzene rings is 1. The molecule has 2 aliphatic rings. The van der Waals surface area contributed by atoms with Gasteiger partial charge in [0, 0.05) is 19.1 Å². The predicted octanol–water partition coefficient (Wildman–Crippen LogP) is 4.24. The third-order valence-electron chi connectivity index (χ3n) is 6.18. The molecule has 3 unspecified atom stereocenters. The van der Waals surface area contributed by atoms with E-state index in [0.717, 1.165) is 51.8 Å². The summed E-state index contributed by atoms with van der Waals surface area (Å²) < 4.78 is 6.14. The van der Waals surface area contributed by atoms with Gasteiger partial charge in [-0.3, -0.25) is 4.90 Å². The molecule has 1 aromatic rings. The van der Waals surface area contributed by atoms with E-state index in [1.807, 2.05) is 6.07 Å². The summed E-state index contributed by atoms with van der Waals surface area (Å²) >= 11 is 0. The van der Waals surface area contributed by atoms with E-state index in [1.54, 1.807) is 0 Å². The van der Waals surface area contributed by atoms with Crippen molar-refractivity contribution in [3.05, 3.63) is 35.9 Å². The molecule has 1 aromatic carbocycles. The molecular formula is C22H35NO2. The zero-order valence-electron chi connectivity index (χ0n) is 16.2. The van der Waals surface area contributed by atoms with E-state index < -0.39 is 0 Å². The first kappa shape index (κ1) is 18.9. The summed E-state index contributed by atoms with van der Waals surface area (Å²) in [7, 11) is 0. The van der Waals surface area contributed by atoms with Crippen molar-refractivity contribution >= 4 is 0 Å². The van der Waals surface area contributed by atoms with E-state index in [1.165, 1.54) is 5.56 Å². The number of ether oxygens (including phenoxy) is 1. The number of nitrogens with zero attached hydrogens (tertiary/aromatic N) is 1. The molecule has 0 bridgehead atoms. The SMILES string of the molecule is CC(C)(C)C1CCC(O)CC1N1CCC(OCc2ccccc2)CC1. The Hall–Kier alpha value is -0.900. The van der Waals surface area contributed by atoms with Crippen LogP contribution in [-0.4, -0.2) is 41.3 Å². The Labute approximate surface area is 153 Å². The topological polar surface area (TPSA) is 32.7 Å². The molecule has 0 amide bonds. The van der Waals surface area contributed by atoms with Gasteiger partial charge in [0.1, 0.15) is 0 Å². The molecule has 2 fully saturated rings. The van der Waals surface area contributed by atoms with Crippen LogP contribution in [0.4, 0.5) is 0 Å². The van der Waals surface area contributed by atoms with Gasteiger partial charge in [-0.25, -0.2) is 0 Å². The van der Waals surface area contributed by atoms with Crippen LogP contribution >= 0.6 is 0 Å². The second-order valence-electron chi connectivity index (χ2n) is 9.04. The minimum absolute atomic E-state index is 0.115. The molecule has 0 aromatic heterocycles. The van der Waals surface area contributed by atoms with Crippen molar-refractivity contribution in [2.45, 2.75) is 77.7 Å². The highest BCUT2D eigenvalue weighted by molar-refractivity contribution is 5.13. The molecule has 3 nitrogen and oxygen atoms in total. The molecule has 1 aliphatic heterocycles. The van der Waals surface area contributed by atoms with E-state index in [2.05, 4.69) is 49.9 Å². The highest BCUT2D eigenvalue weighted by Crippen LogP contribution is 2.41. The van der Waals surface area contributed by atoms with Gasteiger partial charge >= 0.3 is 0 Å². The Bertz CT molecular complexity index is 517. The van der Waals surface area contributed by atoms with Crippen LogP contribution in [0.25, 0.3) is 0 Å². The lowest BCUT2D eigenvalue weighted by molar-refractivity contribution is -0.0516. The van der Waals surface area contributed by atoms with Crippen LogP contribution < -0.4 is 0 Å². The fraction of sp³-hybridized carbons (Fsp3) is 0.727. The number of aliphatic hydroxyl groups is 1. The Morgan fingerprint density at radius 1 is 1.04 bits per heavy atom. The molecule has 140 valence electrons. The van der Waals surface area contributed by atoms with Gasteiger partial charge in [0.15, 0.2) is 0 Å². The zero-order chi connectivity index (χ0) is 17.9. The minimum Gasteiger partial charge on any atom is -0.393 e. The molecule has 0 radical (unpaired) electrons. The molecule has 1 aliphatic carbocycles. The molecule has 0 spiro atoms. The lowest BCUT2D eigenvalue weighted by Crippen LogP contribution is -2.52. The maximum atomic E-state index is 10.2. The van der Waals surface area contributed by atoms with E-state index >= 15 is 0 Å². The Morgan fingerprint density at radius 2 is 1.72 bits per heavy atom. The zero-order valence-corrected chi connectivity index (χ0v) is 16.2. The number of likely N-dealkylation sites (tertiary alicyclic amines) is 1. The molecule has 3 heteroatoms. The summed E-state index contributed by atoms with van der Waals surface area (Å²) in [6.45, 7) is 10.00. The van der Waals surface area contributed by atoms with Gasteiger partial charge in [0.25, 0.3) is 0 Å². The summed E-state index contributed by atoms with van der Waals surface area (Å²) in [5.74, 6) is 0.678. The average molecular weight is 346 g/mol. The molecule has 1 heterocycles. The van der Waals surface area contributed by atoms with E-state index in [0.29, 0.717) is 23.5 Å². The number of piperidine rings is 1. The molecule has 3 atom stereocenters. The largest absolute Gasteiger partial charge is 0.393 e. The highest BCUT2D eigenvalue weighted by atomic mass is 16.5. The van der Waals surface area contributed by atoms with Gasteiger partial charge in [-0.2, -0.15) is 0 Å². The van der Waals surface area contributed by atoms with Crippen LogP contribution in [0.15, 0.2) is 30.3 Å². The quantitative estimate of drug-likeness (QED) is 0.886. The van der Waals surface area contributed by atoms with Crippen LogP contribution in [0.2, 0.25) is 0 Å². The molecule has 3 rings (SSSR count). The molecule has 1 saturated heterocycles. The smallest absolute Gasteiger partial charge is 0.0720 e. The van der Waals surface area contributed by atoms with Crippen LogP contribution in [0.5, 0.6) is 0 Å². The van der Waals surface area contributed by atoms with Crippen molar-refractivity contribution < 1.29 is 9.84 Å². The van der Waals surface area contributed by atoms with Gasteiger partial charge in [-0.05, 0) is 49.0 Å². The van der Waals surface area contributed by atoms with E-state index in [-0.39, 0.29) is 6.10 Å². The van der Waals surface area contributed by atoms with Gasteiger partial charge < -0.3 is 9.84 Å². The van der Waals surface area contributed by atoms with Crippen molar-refractivity contribution in [1.29, 1.82) is 0 Å². The normalized spacial score (nSPS) is 29.7. The first-order chi connectivity index (χ1) is 11.9. The van der Waals surface area contributed by atoms with Crippen LogP contribution in [-0.2, 0) is 11.3 Å². The summed E-state index contributed by atoms with van der Waals surface area (Å²) in [6, 6.07) is 11.0. The molecule has 1 saturated carbocycles. The van der Waals surface area contributed by atoms with Gasteiger partial charge in [-0.15, -0.1) is 0 Å². The van der Waals surface area contributed by atoms with Crippen molar-refractivity contribution in [3.8, 4) is 0 Å². The number of rotatable bonds is 4. The Balaban J connectivity index is 1.52. The molecular weight excluding hydrogens is 310 g/mol. The van der Waals surface area contributed by atoms with Crippen LogP contribution in [0.3, 0.4) is 0 Å². The van der Waals surface area contributed by atoms with E-state index in [4.69, 9.17) is 4.74 Å². The second kappa shape index (κ2) is 8.20. The van der Waals surface area contributed by atoms with Gasteiger partial charge in [0.05, 0.1) is 18.8 Å². The number of hydrogen-bond donors (Lipinski definition) is 1. The predicted molar refractivity (Wildman–Crippen MR) is 102 cm³/mol. The lowest BCUT2D eigenvalue weighted by atomic mass is 9.68. The van der Waals surface area contributed by atoms with Crippen molar-refractivity contribution in [1.82, 2.24) is 4.90 Å². The van der Waals surface area contributed by atoms with Crippen LogP contribution in [0, 0.1) is 11.3 Å². The number of aliphatic hydroxyl groups excluding tert-OH is 1. The highest BCUT2D eigenvalue weighted by Gasteiger charge is 2.40. The van der Waals surface area contributed by atoms with Gasteiger partial charge in [-0.1, -0.05) is 51.1 Å². The monoisotopic (exact) mass is 345 g/mol. The summed E-state index contributed by atoms with van der Waals surface area (Å²) in [6.07, 6.45) is 5.53. The third-order valence-corrected chi connectivity index (χ3v) is 6.18. The third kappa shape index (κ3) is 5.06. The summed E-state index contributed by atoms with van der Waals surface area (Å²) in [5.41, 5.74) is 1.57. The fourth-order valence-corrected chi connectivity index (χ4v) is 4.70. The molecule has 1 N–H and O–H groups in total. The van der Waals surface area contributed by atoms with Crippen molar-refractivity contribution in [2.75, 3.05) is 13.1 Å². The van der Waals surface area contributed by atoms with Crippen molar-refractivity contribution in [3.63, 3.8) is 0 Å². The Kier molecular flexibility index (Phi) is 6.19. The van der Waals surface area contributed by atoms with Gasteiger partial charge in [0.2, 0.25) is 0 Å². The minimum atomic E-state index is -0.115. The lowest BCUT2D eigenvalue weighted by Gasteiger charge is -2.48. The van der Waals surface area contributed by atoms with Crippen LogP contribution in [0.1, 0.15) is 58.4 Å². The molecule has 25 heavy (non-hydrogen) atoms. The first-order valence-electron chi connectivity index (χ1n) is 10.0. The fourth-order valence-electron chi connectivity index (χ4n) is 4.70. The maximum Gasteiger partial charge on any atom is 0.0720 e. The van der Waals surface area contributed by atoms with E-state index in [9.17, 15) is 5.11 Å². The first-order valence-corrected chi connectivity index (χ1v) is 10.0. The maximum absolute atomic E-state index is 10.2. The summed E-state index contributed by atoms with van der Waals surface area (Å²) in [5, 5.41) is 10.2. The Morgan fingerprint density at radius 3 is 2.36 bits per heavy atom. The average Bonchev–Trinajstić information content (AvgIpc) is 2.60. The number of hydrogen-bond acceptors (Lipinski definition) is 3. The standard InChI is InChI=1S/C22H35NO2/c1-22(2,3)20-10-9-18(24)15-21(20)23-13-11-19(12-14-23)25-16-17-7-5-4-6-8-17/h4-8,18-21,24H,9-16H2,1-3H3.